The van der Waals surface area contributed by atoms with Gasteiger partial charge in [0.05, 0.1) is 7.11 Å². The number of carbonyl (C=O) groups is 1. The van der Waals surface area contributed by atoms with Gasteiger partial charge in [0, 0.05) is 12.2 Å². The normalized spacial score (nSPS) is 15.8. The van der Waals surface area contributed by atoms with Crippen molar-refractivity contribution in [1.29, 1.82) is 0 Å². The van der Waals surface area contributed by atoms with E-state index in [4.69, 9.17) is 21.1 Å². The lowest BCUT2D eigenvalue weighted by atomic mass is 10.2. The first-order valence-electron chi connectivity index (χ1n) is 7.34. The number of carbonyl (C=O) groups excluding carboxylic acids is 1. The van der Waals surface area contributed by atoms with E-state index in [1.807, 2.05) is 30.3 Å². The highest BCUT2D eigenvalue weighted by molar-refractivity contribution is 6.30. The lowest BCUT2D eigenvalue weighted by molar-refractivity contribution is 0.136. The van der Waals surface area contributed by atoms with E-state index >= 15 is 0 Å². The molecule has 1 aromatic carbocycles. The molecule has 0 fully saturated rings. The zero-order valence-corrected chi connectivity index (χ0v) is 13.5. The maximum atomic E-state index is 11.9. The zero-order valence-electron chi connectivity index (χ0n) is 12.7. The molecule has 6 heteroatoms. The molecule has 0 saturated heterocycles. The van der Waals surface area contributed by atoms with Crippen molar-refractivity contribution in [2.75, 3.05) is 7.11 Å². The fourth-order valence-corrected chi connectivity index (χ4v) is 2.93. The van der Waals surface area contributed by atoms with Gasteiger partial charge in [-0.25, -0.2) is 9.78 Å². The fourth-order valence-electron chi connectivity index (χ4n) is 2.68. The van der Waals surface area contributed by atoms with Crippen LogP contribution in [-0.4, -0.2) is 24.2 Å². The van der Waals surface area contributed by atoms with Crippen molar-refractivity contribution < 1.29 is 14.3 Å². The molecule has 1 aliphatic rings. The van der Waals surface area contributed by atoms with Crippen LogP contribution in [0, 0.1) is 0 Å². The van der Waals surface area contributed by atoms with Crippen LogP contribution >= 0.6 is 11.6 Å². The number of alkyl carbamates (subject to hydrolysis) is 1. The number of fused-ring (bicyclic) bond motifs is 1. The smallest absolute Gasteiger partial charge is 0.407 e. The summed E-state index contributed by atoms with van der Waals surface area (Å²) in [6, 6.07) is 9.32. The topological polar surface area (TPSA) is 60.5 Å². The van der Waals surface area contributed by atoms with Gasteiger partial charge >= 0.3 is 6.09 Å². The van der Waals surface area contributed by atoms with Gasteiger partial charge in [-0.1, -0.05) is 23.7 Å². The first-order chi connectivity index (χ1) is 11.2. The average molecular weight is 333 g/mol. The Hall–Kier alpha value is -2.27. The molecule has 1 unspecified atom stereocenters. The first-order valence-corrected chi connectivity index (χ1v) is 7.72. The summed E-state index contributed by atoms with van der Waals surface area (Å²) in [5.74, 6) is 0.771. The number of methoxy groups -OCH3 is 1. The van der Waals surface area contributed by atoms with Crippen LogP contribution in [0.15, 0.2) is 36.5 Å². The highest BCUT2D eigenvalue weighted by atomic mass is 35.5. The van der Waals surface area contributed by atoms with Crippen LogP contribution in [0.2, 0.25) is 5.15 Å². The van der Waals surface area contributed by atoms with Crippen molar-refractivity contribution in [3.63, 3.8) is 0 Å². The summed E-state index contributed by atoms with van der Waals surface area (Å²) in [5, 5.41) is 3.39. The van der Waals surface area contributed by atoms with Gasteiger partial charge in [-0.15, -0.1) is 0 Å². The summed E-state index contributed by atoms with van der Waals surface area (Å²) in [7, 11) is 1.61. The van der Waals surface area contributed by atoms with Gasteiger partial charge in [0.15, 0.2) is 0 Å². The predicted octanol–water partition coefficient (Wildman–Crippen LogP) is 3.14. The van der Waals surface area contributed by atoms with Crippen LogP contribution in [0.4, 0.5) is 4.79 Å². The Labute approximate surface area is 139 Å². The van der Waals surface area contributed by atoms with Crippen LogP contribution in [0.5, 0.6) is 5.75 Å². The second-order valence-electron chi connectivity index (χ2n) is 5.41. The van der Waals surface area contributed by atoms with E-state index in [1.54, 1.807) is 13.3 Å². The van der Waals surface area contributed by atoms with E-state index in [1.165, 1.54) is 0 Å². The summed E-state index contributed by atoms with van der Waals surface area (Å²) in [5.41, 5.74) is 3.04. The van der Waals surface area contributed by atoms with Crippen molar-refractivity contribution in [2.24, 2.45) is 0 Å². The first kappa shape index (κ1) is 15.6. The number of nitrogens with zero attached hydrogens (tertiary/aromatic N) is 1. The molecule has 23 heavy (non-hydrogen) atoms. The summed E-state index contributed by atoms with van der Waals surface area (Å²) in [6.45, 7) is 0.220. The number of aromatic nitrogens is 1. The minimum atomic E-state index is -0.428. The van der Waals surface area contributed by atoms with E-state index in [9.17, 15) is 4.79 Å². The largest absolute Gasteiger partial charge is 0.497 e. The summed E-state index contributed by atoms with van der Waals surface area (Å²) in [4.78, 5) is 16.0. The minimum absolute atomic E-state index is 0.00457. The number of benzene rings is 1. The number of hydrogen-bond donors (Lipinski definition) is 1. The molecule has 0 saturated carbocycles. The molecular formula is C17H17ClN2O3. The second kappa shape index (κ2) is 6.87. The zero-order chi connectivity index (χ0) is 16.2. The molecule has 5 nitrogen and oxygen atoms in total. The number of amides is 1. The Morgan fingerprint density at radius 3 is 2.78 bits per heavy atom. The fraction of sp³-hybridized carbons (Fsp3) is 0.294. The van der Waals surface area contributed by atoms with E-state index in [-0.39, 0.29) is 12.6 Å². The SMILES string of the molecule is COc1ccc(COC(=O)NC2Cc3ccnc(Cl)c3C2)cc1. The number of ether oxygens (including phenoxy) is 2. The second-order valence-corrected chi connectivity index (χ2v) is 5.77. The average Bonchev–Trinajstić information content (AvgIpc) is 2.97. The molecular weight excluding hydrogens is 316 g/mol. The Morgan fingerprint density at radius 1 is 1.30 bits per heavy atom. The van der Waals surface area contributed by atoms with Gasteiger partial charge in [0.1, 0.15) is 17.5 Å². The Bertz CT molecular complexity index is 703. The highest BCUT2D eigenvalue weighted by Crippen LogP contribution is 2.27. The monoisotopic (exact) mass is 332 g/mol. The lowest BCUT2D eigenvalue weighted by Crippen LogP contribution is -2.35. The van der Waals surface area contributed by atoms with E-state index in [0.717, 1.165) is 28.9 Å². The van der Waals surface area contributed by atoms with E-state index in [0.29, 0.717) is 11.6 Å². The van der Waals surface area contributed by atoms with Crippen molar-refractivity contribution in [2.45, 2.75) is 25.5 Å². The third-order valence-electron chi connectivity index (χ3n) is 3.87. The molecule has 0 aliphatic heterocycles. The number of pyridine rings is 1. The lowest BCUT2D eigenvalue weighted by Gasteiger charge is -2.12. The maximum Gasteiger partial charge on any atom is 0.407 e. The molecule has 0 radical (unpaired) electrons. The molecule has 3 rings (SSSR count). The quantitative estimate of drug-likeness (QED) is 0.874. The third-order valence-corrected chi connectivity index (χ3v) is 4.19. The van der Waals surface area contributed by atoms with Crippen molar-refractivity contribution in [3.05, 3.63) is 58.4 Å². The van der Waals surface area contributed by atoms with Crippen molar-refractivity contribution in [1.82, 2.24) is 10.3 Å². The summed E-state index contributed by atoms with van der Waals surface area (Å²) in [6.07, 6.45) is 2.68. The van der Waals surface area contributed by atoms with Crippen LogP contribution in [0.25, 0.3) is 0 Å². The molecule has 1 amide bonds. The van der Waals surface area contributed by atoms with Gasteiger partial charge in [-0.3, -0.25) is 0 Å². The predicted molar refractivity (Wildman–Crippen MR) is 86.8 cm³/mol. The Morgan fingerprint density at radius 2 is 2.09 bits per heavy atom. The molecule has 2 aromatic rings. The maximum absolute atomic E-state index is 11.9. The summed E-state index contributed by atoms with van der Waals surface area (Å²) >= 11 is 6.07. The number of halogens is 1. The number of rotatable bonds is 4. The van der Waals surface area contributed by atoms with Crippen LogP contribution in [0.3, 0.4) is 0 Å². The Kier molecular flexibility index (Phi) is 4.67. The van der Waals surface area contributed by atoms with Crippen molar-refractivity contribution >= 4 is 17.7 Å². The molecule has 1 N–H and O–H groups in total. The molecule has 1 heterocycles. The van der Waals surface area contributed by atoms with Gasteiger partial charge in [0.25, 0.3) is 0 Å². The van der Waals surface area contributed by atoms with E-state index < -0.39 is 6.09 Å². The summed E-state index contributed by atoms with van der Waals surface area (Å²) < 4.78 is 10.3. The van der Waals surface area contributed by atoms with Crippen molar-refractivity contribution in [3.8, 4) is 5.75 Å². The molecule has 120 valence electrons. The van der Waals surface area contributed by atoms with Gasteiger partial charge in [-0.05, 0) is 47.7 Å². The Balaban J connectivity index is 1.50. The molecule has 1 atom stereocenters. The minimum Gasteiger partial charge on any atom is -0.497 e. The third kappa shape index (κ3) is 3.74. The van der Waals surface area contributed by atoms with Crippen LogP contribution in [0.1, 0.15) is 16.7 Å². The molecule has 1 aromatic heterocycles. The van der Waals surface area contributed by atoms with E-state index in [2.05, 4.69) is 10.3 Å². The molecule has 0 bridgehead atoms. The molecule has 1 aliphatic carbocycles. The van der Waals surface area contributed by atoms with Gasteiger partial charge < -0.3 is 14.8 Å². The molecule has 0 spiro atoms. The number of nitrogens with one attached hydrogen (secondary N) is 1. The van der Waals surface area contributed by atoms with Crippen LogP contribution in [-0.2, 0) is 24.2 Å². The van der Waals surface area contributed by atoms with Crippen LogP contribution < -0.4 is 10.1 Å². The van der Waals surface area contributed by atoms with Gasteiger partial charge in [0.2, 0.25) is 0 Å². The highest BCUT2D eigenvalue weighted by Gasteiger charge is 2.25. The van der Waals surface area contributed by atoms with Gasteiger partial charge in [-0.2, -0.15) is 0 Å². The standard InChI is InChI=1S/C17H17ClN2O3/c1-22-14-4-2-11(3-5-14)10-23-17(21)20-13-8-12-6-7-19-16(18)15(12)9-13/h2-7,13H,8-10H2,1H3,(H,20,21). The number of hydrogen-bond acceptors (Lipinski definition) is 4.